The third kappa shape index (κ3) is 11.5. The second-order valence-electron chi connectivity index (χ2n) is 14.6. The lowest BCUT2D eigenvalue weighted by molar-refractivity contribution is -0.147. The molecule has 0 radical (unpaired) electrons. The van der Waals surface area contributed by atoms with Gasteiger partial charge in [-0.1, -0.05) is 71.4 Å². The zero-order valence-corrected chi connectivity index (χ0v) is 32.5. The Kier molecular flexibility index (Phi) is 17.9. The molecular weight excluding hydrogens is 636 g/mol. The van der Waals surface area contributed by atoms with E-state index in [2.05, 4.69) is 10.6 Å². The van der Waals surface area contributed by atoms with Gasteiger partial charge in [0.15, 0.2) is 0 Å². The van der Waals surface area contributed by atoms with E-state index in [1.807, 2.05) is 88.8 Å². The van der Waals surface area contributed by atoms with Crippen LogP contribution in [0.5, 0.6) is 0 Å². The number of nitrogens with two attached hydrogens (primary N) is 1. The Morgan fingerprint density at radius 2 is 1.62 bits per heavy atom. The Morgan fingerprint density at radius 1 is 0.980 bits per heavy atom. The van der Waals surface area contributed by atoms with Crippen molar-refractivity contribution in [1.29, 1.82) is 0 Å². The van der Waals surface area contributed by atoms with Gasteiger partial charge in [0, 0.05) is 40.4 Å². The van der Waals surface area contributed by atoms with E-state index < -0.39 is 42.3 Å². The summed E-state index contributed by atoms with van der Waals surface area (Å²) in [6, 6.07) is 7.20. The fraction of sp³-hybridized carbons (Fsp3) is 0.737. The number of nitrogens with one attached hydrogen (secondary N) is 2. The van der Waals surface area contributed by atoms with Gasteiger partial charge in [-0.25, -0.2) is 0 Å². The van der Waals surface area contributed by atoms with E-state index in [0.29, 0.717) is 13.1 Å². The van der Waals surface area contributed by atoms with Crippen LogP contribution in [0.1, 0.15) is 72.8 Å². The lowest BCUT2D eigenvalue weighted by atomic mass is 9.89. The van der Waals surface area contributed by atoms with Crippen molar-refractivity contribution in [3.05, 3.63) is 35.9 Å². The molecule has 12 heteroatoms. The van der Waals surface area contributed by atoms with E-state index in [9.17, 15) is 19.2 Å². The number of benzene rings is 1. The predicted octanol–water partition coefficient (Wildman–Crippen LogP) is 2.68. The summed E-state index contributed by atoms with van der Waals surface area (Å²) in [7, 11) is 8.51. The summed E-state index contributed by atoms with van der Waals surface area (Å²) in [5.41, 5.74) is 7.45. The minimum absolute atomic E-state index is 0.0208. The third-order valence-corrected chi connectivity index (χ3v) is 10.4. The van der Waals surface area contributed by atoms with Crippen LogP contribution >= 0.6 is 0 Å². The van der Waals surface area contributed by atoms with Crippen LogP contribution in [-0.2, 0) is 35.1 Å². The quantitative estimate of drug-likeness (QED) is 0.188. The fourth-order valence-corrected chi connectivity index (χ4v) is 7.45. The van der Waals surface area contributed by atoms with Crippen molar-refractivity contribution in [2.45, 2.75) is 116 Å². The highest BCUT2D eigenvalue weighted by Crippen LogP contribution is 2.29. The molecule has 1 fully saturated rings. The Balaban J connectivity index is 2.21. The van der Waals surface area contributed by atoms with Crippen LogP contribution in [0.15, 0.2) is 30.3 Å². The standard InChI is InChI=1S/C38H66N6O6/c1-12-25(4)34(43(9)38(48)32(27(6)39)41-37(47)33(24(2)3)42(7)8)30(49-10)23-31(45)44-22-16-19-29(44)35(50-11)26(5)36(46)40-21-20-28-17-14-13-15-18-28/h13-15,17-18,24-27,29-30,32-35H,12,16,19-23,39H2,1-11H3,(H,40,46)(H,41,47)/t25-,26+,27-,29-,30+,32-,33?,34-,35+/m0/s1. The summed E-state index contributed by atoms with van der Waals surface area (Å²) >= 11 is 0. The van der Waals surface area contributed by atoms with E-state index in [1.165, 1.54) is 0 Å². The fourth-order valence-electron chi connectivity index (χ4n) is 7.45. The van der Waals surface area contributed by atoms with Gasteiger partial charge in [-0.2, -0.15) is 0 Å². The van der Waals surface area contributed by atoms with Gasteiger partial charge in [-0.15, -0.1) is 0 Å². The van der Waals surface area contributed by atoms with Crippen molar-refractivity contribution in [3.8, 4) is 0 Å². The second kappa shape index (κ2) is 20.7. The first kappa shape index (κ1) is 43.1. The number of methoxy groups -OCH3 is 2. The number of carbonyl (C=O) groups is 4. The first-order chi connectivity index (χ1) is 23.6. The number of nitrogens with zero attached hydrogens (tertiary/aromatic N) is 3. The van der Waals surface area contributed by atoms with Gasteiger partial charge in [0.05, 0.1) is 42.7 Å². The molecule has 284 valence electrons. The maximum Gasteiger partial charge on any atom is 0.246 e. The molecule has 0 aromatic heterocycles. The number of likely N-dealkylation sites (tertiary alicyclic amines) is 1. The molecule has 2 rings (SSSR count). The van der Waals surface area contributed by atoms with Crippen LogP contribution in [0, 0.1) is 17.8 Å². The number of hydrogen-bond donors (Lipinski definition) is 3. The summed E-state index contributed by atoms with van der Waals surface area (Å²) in [5.74, 6) is -1.31. The van der Waals surface area contributed by atoms with Gasteiger partial charge in [-0.3, -0.25) is 24.1 Å². The molecule has 50 heavy (non-hydrogen) atoms. The number of carbonyl (C=O) groups excluding carboxylic acids is 4. The SMILES string of the molecule is CC[C@H](C)[C@@H]([C@@H](CC(=O)N1CCC[C@H]1[C@H](OC)[C@@H](C)C(=O)NCCc1ccccc1)OC)N(C)C(=O)[C@@H](NC(=O)C(C(C)C)N(C)C)[C@H](C)N. The molecule has 0 aliphatic carbocycles. The van der Waals surface area contributed by atoms with Crippen molar-refractivity contribution < 1.29 is 28.7 Å². The van der Waals surface area contributed by atoms with Gasteiger partial charge < -0.3 is 35.6 Å². The molecule has 1 aromatic rings. The molecule has 1 unspecified atom stereocenters. The highest BCUT2D eigenvalue weighted by Gasteiger charge is 2.43. The number of rotatable bonds is 20. The molecule has 0 bridgehead atoms. The van der Waals surface area contributed by atoms with Crippen LogP contribution in [0.25, 0.3) is 0 Å². The average molecular weight is 703 g/mol. The largest absolute Gasteiger partial charge is 0.379 e. The molecule has 0 saturated carbocycles. The van der Waals surface area contributed by atoms with Crippen LogP contribution in [-0.4, -0.2) is 129 Å². The van der Waals surface area contributed by atoms with Crippen LogP contribution in [0.3, 0.4) is 0 Å². The summed E-state index contributed by atoms with van der Waals surface area (Å²) in [6.45, 7) is 12.6. The Morgan fingerprint density at radius 3 is 2.14 bits per heavy atom. The molecule has 4 N–H and O–H groups in total. The van der Waals surface area contributed by atoms with Crippen molar-refractivity contribution in [2.75, 3.05) is 48.5 Å². The lowest BCUT2D eigenvalue weighted by Gasteiger charge is -2.41. The van der Waals surface area contributed by atoms with E-state index in [4.69, 9.17) is 15.2 Å². The second-order valence-corrected chi connectivity index (χ2v) is 14.6. The predicted molar refractivity (Wildman–Crippen MR) is 197 cm³/mol. The number of ether oxygens (including phenoxy) is 2. The highest BCUT2D eigenvalue weighted by atomic mass is 16.5. The average Bonchev–Trinajstić information content (AvgIpc) is 3.56. The zero-order chi connectivity index (χ0) is 37.7. The molecular formula is C38H66N6O6. The topological polar surface area (TPSA) is 147 Å². The molecule has 1 aliphatic rings. The summed E-state index contributed by atoms with van der Waals surface area (Å²) in [6.07, 6.45) is 1.90. The Labute approximate surface area is 301 Å². The Hall–Kier alpha value is -3.06. The number of amides is 4. The minimum atomic E-state index is -0.959. The molecule has 1 aromatic carbocycles. The Bertz CT molecular complexity index is 1210. The molecule has 9 atom stereocenters. The van der Waals surface area contributed by atoms with Crippen molar-refractivity contribution >= 4 is 23.6 Å². The lowest BCUT2D eigenvalue weighted by Crippen LogP contribution is -2.62. The van der Waals surface area contributed by atoms with Crippen LogP contribution in [0.4, 0.5) is 0 Å². The monoisotopic (exact) mass is 703 g/mol. The van der Waals surface area contributed by atoms with Crippen molar-refractivity contribution in [1.82, 2.24) is 25.3 Å². The molecule has 1 saturated heterocycles. The molecule has 1 aliphatic heterocycles. The summed E-state index contributed by atoms with van der Waals surface area (Å²) in [5, 5.41) is 5.96. The molecule has 12 nitrogen and oxygen atoms in total. The smallest absolute Gasteiger partial charge is 0.246 e. The van der Waals surface area contributed by atoms with Crippen molar-refractivity contribution in [3.63, 3.8) is 0 Å². The number of likely N-dealkylation sites (N-methyl/N-ethyl adjacent to an activating group) is 2. The van der Waals surface area contributed by atoms with Gasteiger partial charge in [0.25, 0.3) is 0 Å². The van der Waals surface area contributed by atoms with E-state index >= 15 is 0 Å². The van der Waals surface area contributed by atoms with Crippen molar-refractivity contribution in [2.24, 2.45) is 23.5 Å². The zero-order valence-electron chi connectivity index (χ0n) is 32.5. The molecule has 0 spiro atoms. The van der Waals surface area contributed by atoms with Gasteiger partial charge in [0.2, 0.25) is 23.6 Å². The van der Waals surface area contributed by atoms with E-state index in [-0.39, 0.29) is 47.9 Å². The number of hydrogen-bond acceptors (Lipinski definition) is 8. The van der Waals surface area contributed by atoms with Crippen LogP contribution in [0.2, 0.25) is 0 Å². The van der Waals surface area contributed by atoms with E-state index in [1.54, 1.807) is 33.1 Å². The maximum atomic E-state index is 14.1. The highest BCUT2D eigenvalue weighted by molar-refractivity contribution is 5.90. The van der Waals surface area contributed by atoms with Crippen LogP contribution < -0.4 is 16.4 Å². The van der Waals surface area contributed by atoms with E-state index in [0.717, 1.165) is 31.2 Å². The minimum Gasteiger partial charge on any atom is -0.379 e. The first-order valence-electron chi connectivity index (χ1n) is 18.3. The molecule has 1 heterocycles. The van der Waals surface area contributed by atoms with Gasteiger partial charge >= 0.3 is 0 Å². The summed E-state index contributed by atoms with van der Waals surface area (Å²) < 4.78 is 11.9. The summed E-state index contributed by atoms with van der Waals surface area (Å²) in [4.78, 5) is 60.0. The maximum absolute atomic E-state index is 14.1. The van der Waals surface area contributed by atoms with Gasteiger partial charge in [-0.05, 0) is 57.7 Å². The molecule has 4 amide bonds. The van der Waals surface area contributed by atoms with Gasteiger partial charge in [0.1, 0.15) is 6.04 Å². The third-order valence-electron chi connectivity index (χ3n) is 10.4. The normalized spacial score (nSPS) is 19.6. The first-order valence-corrected chi connectivity index (χ1v) is 18.3.